The highest BCUT2D eigenvalue weighted by atomic mass is 16.1. The fourth-order valence-corrected chi connectivity index (χ4v) is 5.63. The molecule has 4 aliphatic carbocycles. The second kappa shape index (κ2) is 4.82. The summed E-state index contributed by atoms with van der Waals surface area (Å²) in [6.45, 7) is 2.22. The number of carbonyl (C=O) groups is 1. The summed E-state index contributed by atoms with van der Waals surface area (Å²) in [6.07, 6.45) is 9.98. The Morgan fingerprint density at radius 2 is 1.81 bits per heavy atom. The van der Waals surface area contributed by atoms with E-state index < -0.39 is 0 Å². The Hall–Kier alpha value is -1.38. The van der Waals surface area contributed by atoms with Gasteiger partial charge in [-0.2, -0.15) is 0 Å². The van der Waals surface area contributed by atoms with Crippen LogP contribution < -0.4 is 5.32 Å². The van der Waals surface area contributed by atoms with E-state index in [2.05, 4.69) is 17.2 Å². The number of hydrogen-bond donors (Lipinski definition) is 1. The minimum absolute atomic E-state index is 0.0150. The van der Waals surface area contributed by atoms with Gasteiger partial charge in [0.05, 0.1) is 0 Å². The molecule has 0 aromatic carbocycles. The standard InChI is InChI=1S/C18H24N2O/c1-12(20-17(21)16-4-2-3-5-19-16)18-9-13-6-14(10-18)8-15(7-13)11-18/h2-5,12-15H,6-11H2,1H3,(H,20,21)/t12-,13?,14?,15?,18?/m1/s1. The van der Waals surface area contributed by atoms with Gasteiger partial charge in [0.1, 0.15) is 5.69 Å². The lowest BCUT2D eigenvalue weighted by Gasteiger charge is -2.59. The molecule has 4 aliphatic rings. The molecule has 4 fully saturated rings. The first-order chi connectivity index (χ1) is 10.1. The maximum Gasteiger partial charge on any atom is 0.270 e. The number of aromatic nitrogens is 1. The van der Waals surface area contributed by atoms with E-state index in [1.165, 1.54) is 38.5 Å². The van der Waals surface area contributed by atoms with Crippen molar-refractivity contribution in [2.45, 2.75) is 51.5 Å². The van der Waals surface area contributed by atoms with Gasteiger partial charge in [0.15, 0.2) is 0 Å². The summed E-state index contributed by atoms with van der Waals surface area (Å²) in [6, 6.07) is 5.78. The number of hydrogen-bond acceptors (Lipinski definition) is 2. The van der Waals surface area contributed by atoms with Crippen LogP contribution >= 0.6 is 0 Å². The Labute approximate surface area is 126 Å². The summed E-state index contributed by atoms with van der Waals surface area (Å²) in [7, 11) is 0. The molecule has 3 nitrogen and oxygen atoms in total. The maximum atomic E-state index is 12.4. The van der Waals surface area contributed by atoms with E-state index in [-0.39, 0.29) is 11.9 Å². The van der Waals surface area contributed by atoms with Gasteiger partial charge in [-0.15, -0.1) is 0 Å². The van der Waals surface area contributed by atoms with Crippen molar-refractivity contribution in [3.8, 4) is 0 Å². The average Bonchev–Trinajstić information content (AvgIpc) is 2.46. The first-order valence-corrected chi connectivity index (χ1v) is 8.36. The molecular weight excluding hydrogens is 260 g/mol. The fourth-order valence-electron chi connectivity index (χ4n) is 5.63. The first-order valence-electron chi connectivity index (χ1n) is 8.36. The van der Waals surface area contributed by atoms with Crippen molar-refractivity contribution >= 4 is 5.91 Å². The topological polar surface area (TPSA) is 42.0 Å². The Morgan fingerprint density at radius 1 is 1.19 bits per heavy atom. The third kappa shape index (κ3) is 2.27. The van der Waals surface area contributed by atoms with Crippen LogP contribution in [0.25, 0.3) is 0 Å². The van der Waals surface area contributed by atoms with E-state index in [9.17, 15) is 4.79 Å². The minimum atomic E-state index is -0.0150. The summed E-state index contributed by atoms with van der Waals surface area (Å²) in [5, 5.41) is 3.25. The van der Waals surface area contributed by atoms with Gasteiger partial charge in [0.2, 0.25) is 0 Å². The van der Waals surface area contributed by atoms with E-state index >= 15 is 0 Å². The largest absolute Gasteiger partial charge is 0.348 e. The molecule has 4 bridgehead atoms. The third-order valence-corrected chi connectivity index (χ3v) is 6.25. The Bertz CT molecular complexity index is 504. The van der Waals surface area contributed by atoms with Crippen LogP contribution in [0.5, 0.6) is 0 Å². The van der Waals surface area contributed by atoms with Crippen LogP contribution in [0.3, 0.4) is 0 Å². The molecule has 1 N–H and O–H groups in total. The smallest absolute Gasteiger partial charge is 0.270 e. The Balaban J connectivity index is 1.50. The van der Waals surface area contributed by atoms with Gasteiger partial charge in [-0.05, 0) is 80.8 Å². The maximum absolute atomic E-state index is 12.4. The lowest BCUT2D eigenvalue weighted by molar-refractivity contribution is -0.0688. The van der Waals surface area contributed by atoms with Crippen molar-refractivity contribution in [2.75, 3.05) is 0 Å². The van der Waals surface area contributed by atoms with E-state index in [0.717, 1.165) is 17.8 Å². The zero-order valence-electron chi connectivity index (χ0n) is 12.7. The molecule has 0 aliphatic heterocycles. The van der Waals surface area contributed by atoms with Gasteiger partial charge in [-0.3, -0.25) is 9.78 Å². The SMILES string of the molecule is C[C@@H](NC(=O)c1ccccn1)C12CC3CC(CC(C3)C1)C2. The molecule has 4 saturated carbocycles. The van der Waals surface area contributed by atoms with Crippen LogP contribution in [0.2, 0.25) is 0 Å². The fraction of sp³-hybridized carbons (Fsp3) is 0.667. The second-order valence-corrected chi connectivity index (χ2v) is 7.69. The molecular formula is C18H24N2O. The van der Waals surface area contributed by atoms with Gasteiger partial charge < -0.3 is 5.32 Å². The number of rotatable bonds is 3. The Morgan fingerprint density at radius 3 is 2.33 bits per heavy atom. The molecule has 1 aromatic rings. The molecule has 112 valence electrons. The highest BCUT2D eigenvalue weighted by molar-refractivity contribution is 5.92. The van der Waals surface area contributed by atoms with E-state index in [1.54, 1.807) is 12.3 Å². The molecule has 1 heterocycles. The lowest BCUT2D eigenvalue weighted by Crippen LogP contribution is -2.55. The van der Waals surface area contributed by atoms with Gasteiger partial charge in [-0.25, -0.2) is 0 Å². The van der Waals surface area contributed by atoms with Gasteiger partial charge >= 0.3 is 0 Å². The van der Waals surface area contributed by atoms with Gasteiger partial charge in [0, 0.05) is 12.2 Å². The lowest BCUT2D eigenvalue weighted by atomic mass is 9.48. The summed E-state index contributed by atoms with van der Waals surface area (Å²) in [5.41, 5.74) is 0.896. The molecule has 1 amide bonds. The normalized spacial score (nSPS) is 38.2. The number of pyridine rings is 1. The number of amides is 1. The predicted octanol–water partition coefficient (Wildman–Crippen LogP) is 3.42. The van der Waals surface area contributed by atoms with Crippen LogP contribution in [0.15, 0.2) is 24.4 Å². The third-order valence-electron chi connectivity index (χ3n) is 6.25. The number of nitrogens with zero attached hydrogens (tertiary/aromatic N) is 1. The highest BCUT2D eigenvalue weighted by Crippen LogP contribution is 2.61. The quantitative estimate of drug-likeness (QED) is 0.924. The number of nitrogens with one attached hydrogen (secondary N) is 1. The zero-order chi connectivity index (χ0) is 14.4. The van der Waals surface area contributed by atoms with Crippen molar-refractivity contribution in [3.05, 3.63) is 30.1 Å². The van der Waals surface area contributed by atoms with Gasteiger partial charge in [-0.1, -0.05) is 6.07 Å². The van der Waals surface area contributed by atoms with Crippen molar-refractivity contribution in [3.63, 3.8) is 0 Å². The van der Waals surface area contributed by atoms with Crippen molar-refractivity contribution < 1.29 is 4.79 Å². The van der Waals surface area contributed by atoms with Crippen LogP contribution in [0, 0.1) is 23.2 Å². The van der Waals surface area contributed by atoms with Crippen molar-refractivity contribution in [1.82, 2.24) is 10.3 Å². The van der Waals surface area contributed by atoms with Crippen LogP contribution in [-0.2, 0) is 0 Å². The Kier molecular flexibility index (Phi) is 3.05. The monoisotopic (exact) mass is 284 g/mol. The number of carbonyl (C=O) groups excluding carboxylic acids is 1. The van der Waals surface area contributed by atoms with Gasteiger partial charge in [0.25, 0.3) is 5.91 Å². The molecule has 1 aromatic heterocycles. The molecule has 21 heavy (non-hydrogen) atoms. The summed E-state index contributed by atoms with van der Waals surface area (Å²) in [5.74, 6) is 2.75. The highest BCUT2D eigenvalue weighted by Gasteiger charge is 2.53. The van der Waals surface area contributed by atoms with E-state index in [0.29, 0.717) is 11.1 Å². The molecule has 0 unspecified atom stereocenters. The molecule has 0 saturated heterocycles. The summed E-state index contributed by atoms with van der Waals surface area (Å²) in [4.78, 5) is 16.5. The zero-order valence-corrected chi connectivity index (χ0v) is 12.7. The average molecular weight is 284 g/mol. The summed E-state index contributed by atoms with van der Waals surface area (Å²) < 4.78 is 0. The van der Waals surface area contributed by atoms with Crippen LogP contribution in [-0.4, -0.2) is 16.9 Å². The van der Waals surface area contributed by atoms with Crippen LogP contribution in [0.1, 0.15) is 55.9 Å². The van der Waals surface area contributed by atoms with E-state index in [1.807, 2.05) is 12.1 Å². The van der Waals surface area contributed by atoms with E-state index in [4.69, 9.17) is 0 Å². The molecule has 0 radical (unpaired) electrons. The molecule has 1 atom stereocenters. The molecule has 5 rings (SSSR count). The van der Waals surface area contributed by atoms with Crippen LogP contribution in [0.4, 0.5) is 0 Å². The first kappa shape index (κ1) is 13.3. The molecule has 3 heteroatoms. The predicted molar refractivity (Wildman–Crippen MR) is 81.8 cm³/mol. The van der Waals surface area contributed by atoms with Crippen molar-refractivity contribution in [1.29, 1.82) is 0 Å². The molecule has 0 spiro atoms. The minimum Gasteiger partial charge on any atom is -0.348 e. The van der Waals surface area contributed by atoms with Crippen molar-refractivity contribution in [2.24, 2.45) is 23.2 Å². The second-order valence-electron chi connectivity index (χ2n) is 7.69. The summed E-state index contributed by atoms with van der Waals surface area (Å²) >= 11 is 0.